The minimum Gasteiger partial charge on any atom is -0.481 e. The number of methoxy groups -OCH3 is 1. The number of likely N-dealkylation sites (tertiary alicyclic amines) is 1. The van der Waals surface area contributed by atoms with Crippen LogP contribution < -0.4 is 5.32 Å². The van der Waals surface area contributed by atoms with E-state index in [1.54, 1.807) is 0 Å². The summed E-state index contributed by atoms with van der Waals surface area (Å²) >= 11 is 0. The SMILES string of the molecule is COC(=O)C1CCN(C(=O)NC(CC(=O)O)C(C)C)C1. The number of urea groups is 1. The zero-order valence-corrected chi connectivity index (χ0v) is 12.1. The first-order chi connectivity index (χ1) is 9.35. The number of ether oxygens (including phenoxy) is 1. The van der Waals surface area contributed by atoms with Gasteiger partial charge in [0.2, 0.25) is 0 Å². The minimum atomic E-state index is -0.946. The van der Waals surface area contributed by atoms with Crippen LogP contribution in [0.3, 0.4) is 0 Å². The van der Waals surface area contributed by atoms with Gasteiger partial charge in [-0.2, -0.15) is 0 Å². The molecule has 2 atom stereocenters. The molecule has 1 fully saturated rings. The number of nitrogens with one attached hydrogen (secondary N) is 1. The van der Waals surface area contributed by atoms with Gasteiger partial charge in [-0.1, -0.05) is 13.8 Å². The van der Waals surface area contributed by atoms with Crippen LogP contribution in [0.15, 0.2) is 0 Å². The third-order valence-electron chi connectivity index (χ3n) is 3.52. The lowest BCUT2D eigenvalue weighted by Crippen LogP contribution is -2.47. The molecule has 1 rings (SSSR count). The van der Waals surface area contributed by atoms with E-state index in [1.807, 2.05) is 13.8 Å². The molecule has 0 aromatic rings. The number of rotatable bonds is 5. The molecule has 1 saturated heterocycles. The lowest BCUT2D eigenvalue weighted by molar-refractivity contribution is -0.144. The summed E-state index contributed by atoms with van der Waals surface area (Å²) in [5.41, 5.74) is 0. The van der Waals surface area contributed by atoms with Gasteiger partial charge in [0.15, 0.2) is 0 Å². The van der Waals surface area contributed by atoms with Crippen molar-refractivity contribution in [3.8, 4) is 0 Å². The smallest absolute Gasteiger partial charge is 0.317 e. The van der Waals surface area contributed by atoms with E-state index in [0.29, 0.717) is 19.5 Å². The van der Waals surface area contributed by atoms with Crippen molar-refractivity contribution in [2.75, 3.05) is 20.2 Å². The van der Waals surface area contributed by atoms with Gasteiger partial charge >= 0.3 is 18.0 Å². The van der Waals surface area contributed by atoms with Gasteiger partial charge in [-0.3, -0.25) is 9.59 Å². The Bertz CT molecular complexity index is 383. The number of aliphatic carboxylic acids is 1. The Labute approximate surface area is 118 Å². The lowest BCUT2D eigenvalue weighted by Gasteiger charge is -2.24. The molecular weight excluding hydrogens is 264 g/mol. The summed E-state index contributed by atoms with van der Waals surface area (Å²) in [5.74, 6) is -1.53. The van der Waals surface area contributed by atoms with Gasteiger partial charge in [0.1, 0.15) is 0 Å². The van der Waals surface area contributed by atoms with Crippen LogP contribution in [0.4, 0.5) is 4.79 Å². The zero-order chi connectivity index (χ0) is 15.3. The first kappa shape index (κ1) is 16.3. The molecule has 0 aliphatic carbocycles. The van der Waals surface area contributed by atoms with Crippen LogP contribution in [-0.2, 0) is 14.3 Å². The Morgan fingerprint density at radius 1 is 1.40 bits per heavy atom. The molecule has 1 aliphatic rings. The summed E-state index contributed by atoms with van der Waals surface area (Å²) in [5, 5.41) is 11.6. The van der Waals surface area contributed by atoms with Crippen LogP contribution in [0, 0.1) is 11.8 Å². The summed E-state index contributed by atoms with van der Waals surface area (Å²) in [4.78, 5) is 35.8. The highest BCUT2D eigenvalue weighted by Crippen LogP contribution is 2.18. The maximum Gasteiger partial charge on any atom is 0.317 e. The zero-order valence-electron chi connectivity index (χ0n) is 12.1. The molecule has 0 saturated carbocycles. The Morgan fingerprint density at radius 3 is 2.55 bits per heavy atom. The summed E-state index contributed by atoms with van der Waals surface area (Å²) in [7, 11) is 1.33. The standard InChI is InChI=1S/C13H22N2O5/c1-8(2)10(6-11(16)17)14-13(19)15-5-4-9(7-15)12(18)20-3/h8-10H,4-7H2,1-3H3,(H,14,19)(H,16,17). The maximum atomic E-state index is 12.1. The number of hydrogen-bond donors (Lipinski definition) is 2. The lowest BCUT2D eigenvalue weighted by atomic mass is 10.0. The van der Waals surface area contributed by atoms with Crippen molar-refractivity contribution < 1.29 is 24.2 Å². The number of carboxylic acid groups (broad SMARTS) is 1. The highest BCUT2D eigenvalue weighted by atomic mass is 16.5. The van der Waals surface area contributed by atoms with Crippen molar-refractivity contribution in [1.82, 2.24) is 10.2 Å². The van der Waals surface area contributed by atoms with Gasteiger partial charge in [0.05, 0.1) is 19.4 Å². The second-order valence-corrected chi connectivity index (χ2v) is 5.35. The Kier molecular flexibility index (Phi) is 5.79. The van der Waals surface area contributed by atoms with Gasteiger partial charge in [0.25, 0.3) is 0 Å². The number of carbonyl (C=O) groups is 3. The molecule has 2 amide bonds. The van der Waals surface area contributed by atoms with E-state index >= 15 is 0 Å². The molecule has 2 N–H and O–H groups in total. The molecule has 7 nitrogen and oxygen atoms in total. The summed E-state index contributed by atoms with van der Waals surface area (Å²) in [6, 6.07) is -0.742. The second-order valence-electron chi connectivity index (χ2n) is 5.35. The number of nitrogens with zero attached hydrogens (tertiary/aromatic N) is 1. The van der Waals surface area contributed by atoms with Crippen LogP contribution in [0.1, 0.15) is 26.7 Å². The average molecular weight is 286 g/mol. The van der Waals surface area contributed by atoms with Crippen LogP contribution in [-0.4, -0.2) is 54.2 Å². The number of hydrogen-bond acceptors (Lipinski definition) is 4. The van der Waals surface area contributed by atoms with Crippen molar-refractivity contribution >= 4 is 18.0 Å². The molecule has 20 heavy (non-hydrogen) atoms. The maximum absolute atomic E-state index is 12.1. The van der Waals surface area contributed by atoms with E-state index in [4.69, 9.17) is 5.11 Å². The summed E-state index contributed by atoms with van der Waals surface area (Å²) in [6.45, 7) is 4.50. The minimum absolute atomic E-state index is 0.0223. The third-order valence-corrected chi connectivity index (χ3v) is 3.52. The largest absolute Gasteiger partial charge is 0.481 e. The molecule has 0 aromatic carbocycles. The molecule has 0 aromatic heterocycles. The van der Waals surface area contributed by atoms with Crippen molar-refractivity contribution in [3.05, 3.63) is 0 Å². The Hall–Kier alpha value is -1.79. The van der Waals surface area contributed by atoms with E-state index < -0.39 is 12.0 Å². The summed E-state index contributed by atoms with van der Waals surface area (Å²) < 4.78 is 4.66. The monoisotopic (exact) mass is 286 g/mol. The molecule has 0 bridgehead atoms. The topological polar surface area (TPSA) is 95.9 Å². The van der Waals surface area contributed by atoms with E-state index in [9.17, 15) is 14.4 Å². The van der Waals surface area contributed by atoms with Crippen LogP contribution in [0.25, 0.3) is 0 Å². The van der Waals surface area contributed by atoms with E-state index in [2.05, 4.69) is 10.1 Å². The first-order valence-electron chi connectivity index (χ1n) is 6.70. The Morgan fingerprint density at radius 2 is 2.05 bits per heavy atom. The fourth-order valence-electron chi connectivity index (χ4n) is 2.20. The van der Waals surface area contributed by atoms with E-state index in [1.165, 1.54) is 12.0 Å². The van der Waals surface area contributed by atoms with Gasteiger partial charge in [0, 0.05) is 19.1 Å². The molecule has 0 radical (unpaired) electrons. The van der Waals surface area contributed by atoms with Crippen molar-refractivity contribution in [2.24, 2.45) is 11.8 Å². The average Bonchev–Trinajstić information content (AvgIpc) is 2.85. The molecular formula is C13H22N2O5. The molecule has 7 heteroatoms. The first-order valence-corrected chi connectivity index (χ1v) is 6.70. The van der Waals surface area contributed by atoms with Gasteiger partial charge in [-0.25, -0.2) is 4.79 Å². The predicted molar refractivity (Wildman–Crippen MR) is 71.1 cm³/mol. The number of carbonyl (C=O) groups excluding carboxylic acids is 2. The Balaban J connectivity index is 2.54. The van der Waals surface area contributed by atoms with Crippen molar-refractivity contribution in [1.29, 1.82) is 0 Å². The molecule has 1 heterocycles. The molecule has 1 aliphatic heterocycles. The van der Waals surface area contributed by atoms with Crippen LogP contribution in [0.2, 0.25) is 0 Å². The van der Waals surface area contributed by atoms with Gasteiger partial charge in [-0.05, 0) is 12.3 Å². The summed E-state index contributed by atoms with van der Waals surface area (Å²) in [6.07, 6.45) is 0.461. The van der Waals surface area contributed by atoms with E-state index in [-0.39, 0.29) is 30.3 Å². The molecule has 2 unspecified atom stereocenters. The highest BCUT2D eigenvalue weighted by molar-refractivity contribution is 5.79. The fraction of sp³-hybridized carbons (Fsp3) is 0.769. The van der Waals surface area contributed by atoms with Crippen molar-refractivity contribution in [3.63, 3.8) is 0 Å². The van der Waals surface area contributed by atoms with E-state index in [0.717, 1.165) is 0 Å². The third kappa shape index (κ3) is 4.40. The quantitative estimate of drug-likeness (QED) is 0.725. The fourth-order valence-corrected chi connectivity index (χ4v) is 2.20. The highest BCUT2D eigenvalue weighted by Gasteiger charge is 2.32. The van der Waals surface area contributed by atoms with Crippen molar-refractivity contribution in [2.45, 2.75) is 32.7 Å². The van der Waals surface area contributed by atoms with Crippen LogP contribution in [0.5, 0.6) is 0 Å². The number of carboxylic acids is 1. The second kappa shape index (κ2) is 7.12. The van der Waals surface area contributed by atoms with Crippen LogP contribution >= 0.6 is 0 Å². The number of amides is 2. The predicted octanol–water partition coefficient (Wildman–Crippen LogP) is 0.690. The van der Waals surface area contributed by atoms with Gasteiger partial charge < -0.3 is 20.1 Å². The normalized spacial score (nSPS) is 19.8. The molecule has 114 valence electrons. The van der Waals surface area contributed by atoms with Gasteiger partial charge in [-0.15, -0.1) is 0 Å². The number of esters is 1. The molecule has 0 spiro atoms.